The number of rotatable bonds is 4. The quantitative estimate of drug-likeness (QED) is 0.264. The average molecular weight is 463 g/mol. The molecule has 0 aromatic heterocycles. The highest BCUT2D eigenvalue weighted by Crippen LogP contribution is 2.35. The molecule has 0 unspecified atom stereocenters. The lowest BCUT2D eigenvalue weighted by molar-refractivity contribution is 0.463. The first-order valence-electron chi connectivity index (χ1n) is 10.2. The molecule has 0 aliphatic rings. The fourth-order valence-electron chi connectivity index (χ4n) is 3.56. The molecule has 0 atom stereocenters. The normalized spacial score (nSPS) is 11.0. The van der Waals surface area contributed by atoms with Crippen LogP contribution in [0.15, 0.2) is 123 Å². The third-order valence-corrected chi connectivity index (χ3v) is 8.19. The van der Waals surface area contributed by atoms with E-state index in [0.717, 1.165) is 0 Å². The second kappa shape index (κ2) is 10.6. The molecule has 0 fully saturated rings. The van der Waals surface area contributed by atoms with Crippen molar-refractivity contribution in [3.05, 3.63) is 120 Å². The first kappa shape index (κ1) is 23.8. The van der Waals surface area contributed by atoms with E-state index in [4.69, 9.17) is 0 Å². The van der Waals surface area contributed by atoms with Crippen molar-refractivity contribution in [3.8, 4) is 0 Å². The molecule has 0 aliphatic heterocycles. The molecule has 32 heavy (non-hydrogen) atoms. The van der Waals surface area contributed by atoms with Gasteiger partial charge in [0.1, 0.15) is 10.1 Å². The van der Waals surface area contributed by atoms with Gasteiger partial charge < -0.3 is 4.55 Å². The molecule has 4 aromatic carbocycles. The van der Waals surface area contributed by atoms with Gasteiger partial charge in [-0.2, -0.15) is 0 Å². The number of hydrogen-bond donors (Lipinski definition) is 0. The van der Waals surface area contributed by atoms with Crippen molar-refractivity contribution in [2.45, 2.75) is 40.4 Å². The van der Waals surface area contributed by atoms with Gasteiger partial charge in [-0.05, 0) is 57.2 Å². The van der Waals surface area contributed by atoms with Gasteiger partial charge >= 0.3 is 0 Å². The summed E-state index contributed by atoms with van der Waals surface area (Å²) in [5.74, 6) is 0. The van der Waals surface area contributed by atoms with Gasteiger partial charge in [0.25, 0.3) is 0 Å². The van der Waals surface area contributed by atoms with Crippen LogP contribution in [0.4, 0.5) is 0 Å². The predicted octanol–water partition coefficient (Wildman–Crippen LogP) is 6.30. The summed E-state index contributed by atoms with van der Waals surface area (Å²) < 4.78 is 30.8. The topological polar surface area (TPSA) is 57.2 Å². The highest BCUT2D eigenvalue weighted by Gasteiger charge is 2.31. The Balaban J connectivity index is 0.000000243. The van der Waals surface area contributed by atoms with Crippen LogP contribution in [0.25, 0.3) is 0 Å². The summed E-state index contributed by atoms with van der Waals surface area (Å²) in [5, 5.41) is 0. The zero-order valence-electron chi connectivity index (χ0n) is 18.4. The standard InChI is InChI=1S/C21H21S.C6H6O3S/c1-16-14-17(2)21(18(3)15-16)22(19-10-6-4-7-11-19)20-12-8-5-9-13-20;7-10(8,9)6-4-2-1-3-5-6/h4-15H,1-3H3;1-5H,(H,7,8,9)/q+1;/p-1. The molecule has 0 spiro atoms. The van der Waals surface area contributed by atoms with Gasteiger partial charge in [-0.15, -0.1) is 0 Å². The van der Waals surface area contributed by atoms with E-state index in [-0.39, 0.29) is 15.8 Å². The first-order valence-corrected chi connectivity index (χ1v) is 12.8. The second-order valence-corrected chi connectivity index (χ2v) is 10.8. The van der Waals surface area contributed by atoms with Crippen LogP contribution in [0, 0.1) is 20.8 Å². The zero-order chi connectivity index (χ0) is 23.1. The molecule has 0 aliphatic carbocycles. The third-order valence-electron chi connectivity index (χ3n) is 4.80. The zero-order valence-corrected chi connectivity index (χ0v) is 20.0. The van der Waals surface area contributed by atoms with Gasteiger partial charge in [-0.25, -0.2) is 8.42 Å². The molecule has 164 valence electrons. The molecular formula is C27H26O3S2. The molecule has 0 amide bonds. The minimum absolute atomic E-state index is 0.0460. The average Bonchev–Trinajstić information content (AvgIpc) is 2.78. The van der Waals surface area contributed by atoms with E-state index in [0.29, 0.717) is 0 Å². The van der Waals surface area contributed by atoms with Gasteiger partial charge in [0.15, 0.2) is 14.7 Å². The molecule has 3 nitrogen and oxygen atoms in total. The van der Waals surface area contributed by atoms with Crippen LogP contribution in [0.3, 0.4) is 0 Å². The molecule has 0 heterocycles. The first-order chi connectivity index (χ1) is 15.3. The predicted molar refractivity (Wildman–Crippen MR) is 130 cm³/mol. The van der Waals surface area contributed by atoms with Crippen molar-refractivity contribution < 1.29 is 13.0 Å². The molecule has 0 saturated carbocycles. The Morgan fingerprint density at radius 2 is 1.00 bits per heavy atom. The third kappa shape index (κ3) is 6.10. The van der Waals surface area contributed by atoms with Crippen molar-refractivity contribution in [1.29, 1.82) is 0 Å². The largest absolute Gasteiger partial charge is 0.744 e. The monoisotopic (exact) mass is 462 g/mol. The van der Waals surface area contributed by atoms with E-state index in [2.05, 4.69) is 93.6 Å². The maximum atomic E-state index is 10.3. The lowest BCUT2D eigenvalue weighted by atomic mass is 10.1. The Kier molecular flexibility index (Phi) is 7.91. The Morgan fingerprint density at radius 3 is 1.34 bits per heavy atom. The molecule has 0 saturated heterocycles. The molecule has 0 bridgehead atoms. The van der Waals surface area contributed by atoms with Gasteiger partial charge in [0.2, 0.25) is 0 Å². The van der Waals surface area contributed by atoms with Gasteiger partial charge in [-0.3, -0.25) is 0 Å². The van der Waals surface area contributed by atoms with Crippen LogP contribution in [0.1, 0.15) is 16.7 Å². The molecule has 4 rings (SSSR count). The summed E-state index contributed by atoms with van der Waals surface area (Å²) in [7, 11) is -4.30. The molecule has 0 radical (unpaired) electrons. The van der Waals surface area contributed by atoms with Crippen molar-refractivity contribution in [2.75, 3.05) is 0 Å². The van der Waals surface area contributed by atoms with E-state index >= 15 is 0 Å². The Labute approximate surface area is 193 Å². The fraction of sp³-hybridized carbons (Fsp3) is 0.111. The number of hydrogen-bond acceptors (Lipinski definition) is 3. The van der Waals surface area contributed by atoms with Crippen molar-refractivity contribution in [2.24, 2.45) is 0 Å². The fourth-order valence-corrected chi connectivity index (χ4v) is 6.42. The minimum Gasteiger partial charge on any atom is -0.744 e. The smallest absolute Gasteiger partial charge is 0.172 e. The van der Waals surface area contributed by atoms with E-state index in [1.54, 1.807) is 6.07 Å². The van der Waals surface area contributed by atoms with Crippen LogP contribution in [0.2, 0.25) is 0 Å². The van der Waals surface area contributed by atoms with E-state index < -0.39 is 10.1 Å². The highest BCUT2D eigenvalue weighted by atomic mass is 32.2. The SMILES string of the molecule is Cc1cc(C)c([S+](c2ccccc2)c2ccccc2)c(C)c1.O=S(=O)([O-])c1ccccc1. The second-order valence-electron chi connectivity index (χ2n) is 7.43. The van der Waals surface area contributed by atoms with Crippen molar-refractivity contribution >= 4 is 21.0 Å². The molecule has 0 N–H and O–H groups in total. The van der Waals surface area contributed by atoms with Crippen LogP contribution in [0.5, 0.6) is 0 Å². The van der Waals surface area contributed by atoms with Crippen LogP contribution >= 0.6 is 0 Å². The van der Waals surface area contributed by atoms with Crippen LogP contribution in [-0.4, -0.2) is 13.0 Å². The maximum absolute atomic E-state index is 10.3. The minimum atomic E-state index is -4.25. The van der Waals surface area contributed by atoms with E-state index in [9.17, 15) is 13.0 Å². The van der Waals surface area contributed by atoms with Crippen LogP contribution < -0.4 is 0 Å². The molecule has 5 heteroatoms. The van der Waals surface area contributed by atoms with E-state index in [1.807, 2.05) is 0 Å². The lowest BCUT2D eigenvalue weighted by Gasteiger charge is -2.13. The lowest BCUT2D eigenvalue weighted by Crippen LogP contribution is -2.08. The summed E-state index contributed by atoms with van der Waals surface area (Å²) >= 11 is 0. The summed E-state index contributed by atoms with van der Waals surface area (Å²) in [5.41, 5.74) is 4.10. The van der Waals surface area contributed by atoms with Crippen LogP contribution in [-0.2, 0) is 21.0 Å². The summed E-state index contributed by atoms with van der Waals surface area (Å²) in [6.07, 6.45) is 0. The summed E-state index contributed by atoms with van der Waals surface area (Å²) in [6.45, 7) is 6.65. The van der Waals surface area contributed by atoms with Gasteiger partial charge in [-0.1, -0.05) is 72.3 Å². The number of benzene rings is 4. The molecule has 4 aromatic rings. The van der Waals surface area contributed by atoms with E-state index in [1.165, 1.54) is 55.6 Å². The number of aryl methyl sites for hydroxylation is 3. The van der Waals surface area contributed by atoms with Crippen molar-refractivity contribution in [1.82, 2.24) is 0 Å². The Bertz CT molecular complexity index is 1190. The van der Waals surface area contributed by atoms with Crippen molar-refractivity contribution in [3.63, 3.8) is 0 Å². The van der Waals surface area contributed by atoms with Gasteiger partial charge in [0.05, 0.1) is 15.8 Å². The summed E-state index contributed by atoms with van der Waals surface area (Å²) in [6, 6.07) is 33.5. The molecular weight excluding hydrogens is 436 g/mol. The van der Waals surface area contributed by atoms with Gasteiger partial charge in [0, 0.05) is 11.1 Å². The Hall–Kier alpha value is -2.86. The summed E-state index contributed by atoms with van der Waals surface area (Å²) in [4.78, 5) is 4.03. The Morgan fingerprint density at radius 1 is 0.625 bits per heavy atom. The highest BCUT2D eigenvalue weighted by molar-refractivity contribution is 7.97. The maximum Gasteiger partial charge on any atom is 0.172 e.